The Labute approximate surface area is 132 Å². The summed E-state index contributed by atoms with van der Waals surface area (Å²) in [6.07, 6.45) is 2.41. The van der Waals surface area contributed by atoms with Gasteiger partial charge in [0, 0.05) is 23.2 Å². The summed E-state index contributed by atoms with van der Waals surface area (Å²) in [6.45, 7) is 11.4. The standard InChI is InChI=1S/C17H25ClN2O/c1-11(2)17(6-7-17)10-19-15(21)12-8-13(16(3,4)5)20-14(18)9-12/h8-9,11H,6-7,10H2,1-5H3,(H,19,21). The first-order valence-electron chi connectivity index (χ1n) is 7.60. The van der Waals surface area contributed by atoms with Crippen molar-refractivity contribution in [2.24, 2.45) is 11.3 Å². The van der Waals surface area contributed by atoms with Crippen molar-refractivity contribution >= 4 is 17.5 Å². The van der Waals surface area contributed by atoms with Gasteiger partial charge in [0.2, 0.25) is 0 Å². The minimum Gasteiger partial charge on any atom is -0.351 e. The van der Waals surface area contributed by atoms with Gasteiger partial charge in [0.1, 0.15) is 5.15 Å². The molecule has 1 saturated carbocycles. The lowest BCUT2D eigenvalue weighted by molar-refractivity contribution is 0.0939. The van der Waals surface area contributed by atoms with Crippen molar-refractivity contribution in [1.29, 1.82) is 0 Å². The van der Waals surface area contributed by atoms with Crippen molar-refractivity contribution < 1.29 is 4.79 Å². The fraction of sp³-hybridized carbons (Fsp3) is 0.647. The molecule has 1 aliphatic rings. The second-order valence-corrected chi connectivity index (χ2v) is 7.90. The molecule has 1 amide bonds. The smallest absolute Gasteiger partial charge is 0.251 e. The van der Waals surface area contributed by atoms with Gasteiger partial charge in [0.15, 0.2) is 0 Å². The lowest BCUT2D eigenvalue weighted by Gasteiger charge is -2.21. The first-order valence-corrected chi connectivity index (χ1v) is 7.98. The number of aromatic nitrogens is 1. The fourth-order valence-corrected chi connectivity index (χ4v) is 2.70. The average Bonchev–Trinajstić information content (AvgIpc) is 3.15. The first kappa shape index (κ1) is 16.3. The van der Waals surface area contributed by atoms with Gasteiger partial charge in [0.05, 0.1) is 0 Å². The predicted octanol–water partition coefficient (Wildman–Crippen LogP) is 4.20. The zero-order valence-electron chi connectivity index (χ0n) is 13.6. The lowest BCUT2D eigenvalue weighted by Crippen LogP contribution is -2.32. The number of hydrogen-bond donors (Lipinski definition) is 1. The molecule has 4 heteroatoms. The highest BCUT2D eigenvalue weighted by molar-refractivity contribution is 6.29. The highest BCUT2D eigenvalue weighted by Gasteiger charge is 2.45. The quantitative estimate of drug-likeness (QED) is 0.847. The summed E-state index contributed by atoms with van der Waals surface area (Å²) >= 11 is 6.06. The Hall–Kier alpha value is -1.09. The van der Waals surface area contributed by atoms with E-state index in [1.165, 1.54) is 12.8 Å². The van der Waals surface area contributed by atoms with Gasteiger partial charge in [-0.05, 0) is 36.3 Å². The van der Waals surface area contributed by atoms with Gasteiger partial charge in [-0.3, -0.25) is 4.79 Å². The number of carbonyl (C=O) groups is 1. The molecule has 3 nitrogen and oxygen atoms in total. The van der Waals surface area contributed by atoms with Gasteiger partial charge in [-0.1, -0.05) is 46.2 Å². The van der Waals surface area contributed by atoms with Gasteiger partial charge in [-0.15, -0.1) is 0 Å². The van der Waals surface area contributed by atoms with E-state index in [9.17, 15) is 4.79 Å². The number of nitrogens with one attached hydrogen (secondary N) is 1. The Morgan fingerprint density at radius 2 is 2.00 bits per heavy atom. The van der Waals surface area contributed by atoms with E-state index in [1.54, 1.807) is 6.07 Å². The molecular weight excluding hydrogens is 284 g/mol. The molecule has 1 heterocycles. The maximum Gasteiger partial charge on any atom is 0.251 e. The van der Waals surface area contributed by atoms with Crippen LogP contribution in [0.4, 0.5) is 0 Å². The molecule has 0 bridgehead atoms. The van der Waals surface area contributed by atoms with E-state index in [-0.39, 0.29) is 11.3 Å². The van der Waals surface area contributed by atoms with Crippen LogP contribution in [0.3, 0.4) is 0 Å². The second-order valence-electron chi connectivity index (χ2n) is 7.51. The van der Waals surface area contributed by atoms with Gasteiger partial charge >= 0.3 is 0 Å². The van der Waals surface area contributed by atoms with E-state index in [1.807, 2.05) is 6.07 Å². The minimum absolute atomic E-state index is 0.0586. The summed E-state index contributed by atoms with van der Waals surface area (Å²) in [5.74, 6) is 0.542. The van der Waals surface area contributed by atoms with Crippen LogP contribution in [0.2, 0.25) is 5.15 Å². The number of rotatable bonds is 4. The van der Waals surface area contributed by atoms with Gasteiger partial charge < -0.3 is 5.32 Å². The fourth-order valence-electron chi connectivity index (χ4n) is 2.49. The third-order valence-electron chi connectivity index (χ3n) is 4.54. The average molecular weight is 309 g/mol. The zero-order valence-corrected chi connectivity index (χ0v) is 14.3. The van der Waals surface area contributed by atoms with Crippen LogP contribution in [0.15, 0.2) is 12.1 Å². The SMILES string of the molecule is CC(C)C1(CNC(=O)c2cc(Cl)nc(C(C)(C)C)c2)CC1. The first-order chi connectivity index (χ1) is 9.64. The molecule has 0 aromatic carbocycles. The number of halogens is 1. The van der Waals surface area contributed by atoms with Crippen molar-refractivity contribution in [3.63, 3.8) is 0 Å². The normalized spacial score (nSPS) is 16.9. The van der Waals surface area contributed by atoms with E-state index in [4.69, 9.17) is 11.6 Å². The summed E-state index contributed by atoms with van der Waals surface area (Å²) < 4.78 is 0. The van der Waals surface area contributed by atoms with E-state index in [0.29, 0.717) is 22.0 Å². The molecule has 0 spiro atoms. The Kier molecular flexibility index (Phi) is 4.34. The third-order valence-corrected chi connectivity index (χ3v) is 4.74. The Balaban J connectivity index is 2.11. The maximum atomic E-state index is 12.4. The number of carbonyl (C=O) groups excluding carboxylic acids is 1. The van der Waals surface area contributed by atoms with Crippen LogP contribution in [0.25, 0.3) is 0 Å². The van der Waals surface area contributed by atoms with E-state index >= 15 is 0 Å². The molecular formula is C17H25ClN2O. The van der Waals surface area contributed by atoms with Gasteiger partial charge in [-0.2, -0.15) is 0 Å². The predicted molar refractivity (Wildman–Crippen MR) is 86.8 cm³/mol. The molecule has 1 fully saturated rings. The van der Waals surface area contributed by atoms with E-state index < -0.39 is 0 Å². The van der Waals surface area contributed by atoms with Crippen molar-refractivity contribution in [3.05, 3.63) is 28.5 Å². The summed E-state index contributed by atoms with van der Waals surface area (Å²) in [7, 11) is 0. The number of nitrogens with zero attached hydrogens (tertiary/aromatic N) is 1. The zero-order chi connectivity index (χ0) is 15.8. The van der Waals surface area contributed by atoms with Crippen molar-refractivity contribution in [1.82, 2.24) is 10.3 Å². The van der Waals surface area contributed by atoms with Crippen LogP contribution in [0.5, 0.6) is 0 Å². The highest BCUT2D eigenvalue weighted by Crippen LogP contribution is 2.51. The summed E-state index contributed by atoms with van der Waals surface area (Å²) in [4.78, 5) is 16.7. The largest absolute Gasteiger partial charge is 0.351 e. The Morgan fingerprint density at radius 3 is 2.48 bits per heavy atom. The molecule has 0 radical (unpaired) electrons. The second kappa shape index (κ2) is 5.60. The monoisotopic (exact) mass is 308 g/mol. The van der Waals surface area contributed by atoms with E-state index in [2.05, 4.69) is 44.9 Å². The van der Waals surface area contributed by atoms with Crippen LogP contribution >= 0.6 is 11.6 Å². The Bertz CT molecular complexity index is 542. The molecule has 2 rings (SSSR count). The molecule has 0 aliphatic heterocycles. The molecule has 1 aliphatic carbocycles. The van der Waals surface area contributed by atoms with Crippen LogP contribution in [0, 0.1) is 11.3 Å². The van der Waals surface area contributed by atoms with Crippen molar-refractivity contribution in [2.45, 2.75) is 52.9 Å². The Morgan fingerprint density at radius 1 is 1.38 bits per heavy atom. The summed E-state index contributed by atoms with van der Waals surface area (Å²) in [6, 6.07) is 3.48. The van der Waals surface area contributed by atoms with Crippen LogP contribution in [-0.4, -0.2) is 17.4 Å². The number of amides is 1. The highest BCUT2D eigenvalue weighted by atomic mass is 35.5. The van der Waals surface area contributed by atoms with Gasteiger partial charge in [-0.25, -0.2) is 4.98 Å². The topological polar surface area (TPSA) is 42.0 Å². The molecule has 1 aromatic heterocycles. The minimum atomic E-state index is -0.129. The number of hydrogen-bond acceptors (Lipinski definition) is 2. The van der Waals surface area contributed by atoms with Crippen LogP contribution < -0.4 is 5.32 Å². The van der Waals surface area contributed by atoms with Crippen molar-refractivity contribution in [2.75, 3.05) is 6.54 Å². The summed E-state index contributed by atoms with van der Waals surface area (Å²) in [5, 5.41) is 3.44. The van der Waals surface area contributed by atoms with Crippen LogP contribution in [-0.2, 0) is 5.41 Å². The van der Waals surface area contributed by atoms with E-state index in [0.717, 1.165) is 12.2 Å². The molecule has 1 aromatic rings. The van der Waals surface area contributed by atoms with Crippen molar-refractivity contribution in [3.8, 4) is 0 Å². The summed E-state index contributed by atoms with van der Waals surface area (Å²) in [5.41, 5.74) is 1.61. The lowest BCUT2D eigenvalue weighted by atomic mass is 9.90. The molecule has 1 N–H and O–H groups in total. The third kappa shape index (κ3) is 3.76. The van der Waals surface area contributed by atoms with Crippen LogP contribution in [0.1, 0.15) is 63.5 Å². The molecule has 0 saturated heterocycles. The molecule has 0 unspecified atom stereocenters. The molecule has 116 valence electrons. The van der Waals surface area contributed by atoms with Gasteiger partial charge in [0.25, 0.3) is 5.91 Å². The molecule has 21 heavy (non-hydrogen) atoms. The molecule has 0 atom stereocenters. The number of pyridine rings is 1. The maximum absolute atomic E-state index is 12.4.